The van der Waals surface area contributed by atoms with Crippen LogP contribution in [0.25, 0.3) is 5.69 Å². The molecule has 0 N–H and O–H groups in total. The second-order valence-electron chi connectivity index (χ2n) is 7.97. The molecule has 2 heterocycles. The number of amides is 1. The normalized spacial score (nSPS) is 14.0. The van der Waals surface area contributed by atoms with Crippen LogP contribution in [0.2, 0.25) is 0 Å². The molecule has 0 bridgehead atoms. The minimum absolute atomic E-state index is 0.223. The predicted octanol–water partition coefficient (Wildman–Crippen LogP) is 3.78. The lowest BCUT2D eigenvalue weighted by atomic mass is 10.1. The number of benzene rings is 2. The highest BCUT2D eigenvalue weighted by Gasteiger charge is 2.22. The van der Waals surface area contributed by atoms with Gasteiger partial charge in [-0.3, -0.25) is 4.79 Å². The van der Waals surface area contributed by atoms with Crippen molar-refractivity contribution in [1.82, 2.24) is 14.7 Å². The van der Waals surface area contributed by atoms with E-state index in [1.165, 1.54) is 5.69 Å². The number of aryl methyl sites for hydroxylation is 1. The number of methoxy groups -OCH3 is 1. The number of nitrogens with zero attached hydrogens (tertiary/aromatic N) is 4. The van der Waals surface area contributed by atoms with Gasteiger partial charge in [0.15, 0.2) is 0 Å². The third kappa shape index (κ3) is 4.58. The van der Waals surface area contributed by atoms with Gasteiger partial charge in [0.05, 0.1) is 18.5 Å². The molecule has 1 fully saturated rings. The molecule has 1 aromatic heterocycles. The maximum absolute atomic E-state index is 12.9. The van der Waals surface area contributed by atoms with Crippen LogP contribution >= 0.6 is 0 Å². The van der Waals surface area contributed by atoms with Crippen molar-refractivity contribution in [3.05, 3.63) is 71.5 Å². The number of ether oxygens (including phenoxy) is 1. The predicted molar refractivity (Wildman–Crippen MR) is 123 cm³/mol. The molecule has 1 aliphatic heterocycles. The summed E-state index contributed by atoms with van der Waals surface area (Å²) in [6.45, 7) is 7.38. The summed E-state index contributed by atoms with van der Waals surface area (Å²) in [6, 6.07) is 18.3. The Morgan fingerprint density at radius 1 is 0.968 bits per heavy atom. The van der Waals surface area contributed by atoms with Gasteiger partial charge in [0.25, 0.3) is 0 Å². The second kappa shape index (κ2) is 9.25. The highest BCUT2D eigenvalue weighted by atomic mass is 16.5. The van der Waals surface area contributed by atoms with Crippen molar-refractivity contribution in [1.29, 1.82) is 0 Å². The van der Waals surface area contributed by atoms with Crippen molar-refractivity contribution < 1.29 is 9.53 Å². The van der Waals surface area contributed by atoms with E-state index in [4.69, 9.17) is 9.84 Å². The fraction of sp³-hybridized carbons (Fsp3) is 0.360. The lowest BCUT2D eigenvalue weighted by Gasteiger charge is -2.36. The molecule has 0 unspecified atom stereocenters. The molecule has 0 aliphatic carbocycles. The van der Waals surface area contributed by atoms with Crippen LogP contribution in [0.5, 0.6) is 5.75 Å². The van der Waals surface area contributed by atoms with Gasteiger partial charge in [0.1, 0.15) is 5.75 Å². The third-order valence-corrected chi connectivity index (χ3v) is 6.08. The topological polar surface area (TPSA) is 50.6 Å². The van der Waals surface area contributed by atoms with Gasteiger partial charge in [-0.15, -0.1) is 0 Å². The van der Waals surface area contributed by atoms with Crippen LogP contribution in [-0.4, -0.2) is 53.9 Å². The van der Waals surface area contributed by atoms with E-state index in [1.807, 2.05) is 46.8 Å². The van der Waals surface area contributed by atoms with Crippen LogP contribution in [0.1, 0.15) is 23.4 Å². The van der Waals surface area contributed by atoms with Crippen LogP contribution in [-0.2, 0) is 11.2 Å². The molecule has 1 amide bonds. The lowest BCUT2D eigenvalue weighted by Crippen LogP contribution is -2.48. The summed E-state index contributed by atoms with van der Waals surface area (Å²) >= 11 is 0. The average Bonchev–Trinajstić information content (AvgIpc) is 3.11. The van der Waals surface area contributed by atoms with Crippen LogP contribution in [0.3, 0.4) is 0 Å². The van der Waals surface area contributed by atoms with Crippen LogP contribution in [0, 0.1) is 13.8 Å². The molecule has 0 spiro atoms. The van der Waals surface area contributed by atoms with Gasteiger partial charge in [-0.1, -0.05) is 24.3 Å². The number of piperazine rings is 1. The highest BCUT2D eigenvalue weighted by Crippen LogP contribution is 2.23. The minimum atomic E-state index is 0.223. The Labute approximate surface area is 184 Å². The Bertz CT molecular complexity index is 1040. The molecule has 0 saturated carbocycles. The summed E-state index contributed by atoms with van der Waals surface area (Å²) in [6.07, 6.45) is 1.22. The van der Waals surface area contributed by atoms with Crippen molar-refractivity contribution in [2.75, 3.05) is 38.2 Å². The molecule has 1 saturated heterocycles. The molecule has 3 aromatic rings. The molecular formula is C25H30N4O2. The number of para-hydroxylation sites is 1. The van der Waals surface area contributed by atoms with Gasteiger partial charge in [-0.25, -0.2) is 4.68 Å². The first-order chi connectivity index (χ1) is 15.1. The number of aromatic nitrogens is 2. The van der Waals surface area contributed by atoms with Gasteiger partial charge in [0.2, 0.25) is 5.91 Å². The molecule has 1 aliphatic rings. The maximum Gasteiger partial charge on any atom is 0.223 e. The first kappa shape index (κ1) is 21.0. The quantitative estimate of drug-likeness (QED) is 0.611. The standard InChI is InChI=1S/C25H30N4O2/c1-19-24(20(2)29(26-19)22-10-7-11-23(18-22)31-3)12-13-25(30)28-16-14-27(15-17-28)21-8-5-4-6-9-21/h4-11,18H,12-17H2,1-3H3. The summed E-state index contributed by atoms with van der Waals surface area (Å²) in [5, 5.41) is 4.72. The minimum Gasteiger partial charge on any atom is -0.497 e. The number of carbonyl (C=O) groups is 1. The number of rotatable bonds is 6. The molecule has 6 heteroatoms. The Hall–Kier alpha value is -3.28. The van der Waals surface area contributed by atoms with E-state index in [0.29, 0.717) is 12.8 Å². The molecular weight excluding hydrogens is 388 g/mol. The van der Waals surface area contributed by atoms with Gasteiger partial charge >= 0.3 is 0 Å². The SMILES string of the molecule is COc1cccc(-n2nc(C)c(CCC(=O)N3CCN(c4ccccc4)CC3)c2C)c1. The van der Waals surface area contributed by atoms with Crippen molar-refractivity contribution in [2.24, 2.45) is 0 Å². The average molecular weight is 419 g/mol. The third-order valence-electron chi connectivity index (χ3n) is 6.08. The molecule has 6 nitrogen and oxygen atoms in total. The number of hydrogen-bond acceptors (Lipinski definition) is 4. The summed E-state index contributed by atoms with van der Waals surface area (Å²) in [5.41, 5.74) is 5.40. The van der Waals surface area contributed by atoms with Crippen LogP contribution in [0.4, 0.5) is 5.69 Å². The van der Waals surface area contributed by atoms with Gasteiger partial charge in [-0.2, -0.15) is 5.10 Å². The largest absolute Gasteiger partial charge is 0.497 e. The molecule has 31 heavy (non-hydrogen) atoms. The smallest absolute Gasteiger partial charge is 0.223 e. The van der Waals surface area contributed by atoms with E-state index in [9.17, 15) is 4.79 Å². The van der Waals surface area contributed by atoms with Crippen molar-refractivity contribution in [2.45, 2.75) is 26.7 Å². The Morgan fingerprint density at radius 2 is 1.68 bits per heavy atom. The highest BCUT2D eigenvalue weighted by molar-refractivity contribution is 5.77. The number of hydrogen-bond donors (Lipinski definition) is 0. The van der Waals surface area contributed by atoms with Crippen LogP contribution in [0.15, 0.2) is 54.6 Å². The van der Waals surface area contributed by atoms with E-state index < -0.39 is 0 Å². The van der Waals surface area contributed by atoms with Crippen molar-refractivity contribution >= 4 is 11.6 Å². The molecule has 0 radical (unpaired) electrons. The van der Waals surface area contributed by atoms with Gasteiger partial charge in [0, 0.05) is 50.0 Å². The molecule has 2 aromatic carbocycles. The summed E-state index contributed by atoms with van der Waals surface area (Å²) in [5.74, 6) is 1.03. The van der Waals surface area contributed by atoms with E-state index in [0.717, 1.165) is 54.6 Å². The zero-order chi connectivity index (χ0) is 21.8. The zero-order valence-corrected chi connectivity index (χ0v) is 18.5. The monoisotopic (exact) mass is 418 g/mol. The Balaban J connectivity index is 1.37. The maximum atomic E-state index is 12.9. The molecule has 4 rings (SSSR count). The fourth-order valence-electron chi connectivity index (χ4n) is 4.27. The van der Waals surface area contributed by atoms with Crippen molar-refractivity contribution in [3.8, 4) is 11.4 Å². The van der Waals surface area contributed by atoms with E-state index in [1.54, 1.807) is 7.11 Å². The summed E-state index contributed by atoms with van der Waals surface area (Å²) in [4.78, 5) is 17.2. The molecule has 162 valence electrons. The number of carbonyl (C=O) groups excluding carboxylic acids is 1. The summed E-state index contributed by atoms with van der Waals surface area (Å²) in [7, 11) is 1.66. The van der Waals surface area contributed by atoms with Gasteiger partial charge in [-0.05, 0) is 50.1 Å². The zero-order valence-electron chi connectivity index (χ0n) is 18.5. The Morgan fingerprint density at radius 3 is 2.39 bits per heavy atom. The summed E-state index contributed by atoms with van der Waals surface area (Å²) < 4.78 is 7.28. The number of anilines is 1. The van der Waals surface area contributed by atoms with Crippen molar-refractivity contribution in [3.63, 3.8) is 0 Å². The van der Waals surface area contributed by atoms with E-state index in [2.05, 4.69) is 36.1 Å². The van der Waals surface area contributed by atoms with E-state index in [-0.39, 0.29) is 5.91 Å². The molecule has 0 atom stereocenters. The van der Waals surface area contributed by atoms with E-state index >= 15 is 0 Å². The fourth-order valence-corrected chi connectivity index (χ4v) is 4.27. The first-order valence-corrected chi connectivity index (χ1v) is 10.8. The van der Waals surface area contributed by atoms with Gasteiger partial charge < -0.3 is 14.5 Å². The Kier molecular flexibility index (Phi) is 6.26. The first-order valence-electron chi connectivity index (χ1n) is 10.8. The lowest BCUT2D eigenvalue weighted by molar-refractivity contribution is -0.131. The second-order valence-corrected chi connectivity index (χ2v) is 7.97. The van der Waals surface area contributed by atoms with Crippen LogP contribution < -0.4 is 9.64 Å².